The second-order valence-electron chi connectivity index (χ2n) is 12.7. The molecule has 4 atom stereocenters. The van der Waals surface area contributed by atoms with E-state index in [-0.39, 0.29) is 28.8 Å². The highest BCUT2D eigenvalue weighted by molar-refractivity contribution is 7.90. The van der Waals surface area contributed by atoms with Gasteiger partial charge in [-0.1, -0.05) is 29.8 Å². The first-order valence-electron chi connectivity index (χ1n) is 15.0. The van der Waals surface area contributed by atoms with Gasteiger partial charge in [0, 0.05) is 23.5 Å². The molecule has 0 aromatic heterocycles. The zero-order valence-corrected chi connectivity index (χ0v) is 25.1. The Morgan fingerprint density at radius 2 is 1.93 bits per heavy atom. The second kappa shape index (κ2) is 10.5. The third-order valence-corrected chi connectivity index (χ3v) is 11.8. The van der Waals surface area contributed by atoms with E-state index in [0.29, 0.717) is 44.0 Å². The normalized spacial score (nSPS) is 32.3. The number of anilines is 1. The van der Waals surface area contributed by atoms with Crippen LogP contribution >= 0.6 is 11.6 Å². The van der Waals surface area contributed by atoms with Crippen molar-refractivity contribution in [1.29, 1.82) is 0 Å². The van der Waals surface area contributed by atoms with Crippen LogP contribution in [-0.2, 0) is 31.4 Å². The third-order valence-electron chi connectivity index (χ3n) is 10.3. The Bertz CT molecular complexity index is 1540. The van der Waals surface area contributed by atoms with E-state index in [1.165, 1.54) is 17.2 Å². The number of hydrogen-bond acceptors (Lipinski definition) is 7. The van der Waals surface area contributed by atoms with Crippen LogP contribution in [0.1, 0.15) is 56.1 Å². The van der Waals surface area contributed by atoms with Gasteiger partial charge in [0.05, 0.1) is 29.9 Å². The van der Waals surface area contributed by atoms with Crippen LogP contribution in [0.3, 0.4) is 0 Å². The highest BCUT2D eigenvalue weighted by atomic mass is 35.5. The van der Waals surface area contributed by atoms with Gasteiger partial charge in [-0.25, -0.2) is 13.1 Å². The van der Waals surface area contributed by atoms with Crippen molar-refractivity contribution in [3.8, 4) is 5.75 Å². The number of amides is 1. The number of rotatable bonds is 0. The second-order valence-corrected chi connectivity index (χ2v) is 14.9. The number of halogens is 1. The van der Waals surface area contributed by atoms with Crippen molar-refractivity contribution in [1.82, 2.24) is 4.72 Å². The summed E-state index contributed by atoms with van der Waals surface area (Å²) in [6.45, 7) is 1.91. The van der Waals surface area contributed by atoms with Gasteiger partial charge in [0.1, 0.15) is 11.4 Å². The molecular formula is C32H37ClN2O6S. The molecule has 0 radical (unpaired) electrons. The molecular weight excluding hydrogens is 576 g/mol. The summed E-state index contributed by atoms with van der Waals surface area (Å²) in [5.41, 5.74) is 1.69. The summed E-state index contributed by atoms with van der Waals surface area (Å²) in [7, 11) is -4.16. The molecule has 5 aliphatic rings. The summed E-state index contributed by atoms with van der Waals surface area (Å²) in [5, 5.41) is 11.8. The summed E-state index contributed by atoms with van der Waals surface area (Å²) < 4.78 is 41.9. The summed E-state index contributed by atoms with van der Waals surface area (Å²) in [4.78, 5) is 15.5. The molecule has 2 saturated carbocycles. The Balaban J connectivity index is 1.31. The Morgan fingerprint density at radius 1 is 1.07 bits per heavy atom. The fourth-order valence-electron chi connectivity index (χ4n) is 7.57. The van der Waals surface area contributed by atoms with E-state index in [1.807, 2.05) is 6.07 Å². The number of benzene rings is 2. The maximum atomic E-state index is 13.6. The maximum absolute atomic E-state index is 13.6. The molecule has 0 unspecified atom stereocenters. The molecule has 0 saturated heterocycles. The van der Waals surface area contributed by atoms with Crippen molar-refractivity contribution in [3.05, 3.63) is 64.7 Å². The number of ether oxygens (including phenoxy) is 2. The highest BCUT2D eigenvalue weighted by Crippen LogP contribution is 2.47. The largest absolute Gasteiger partial charge is 0.490 e. The predicted molar refractivity (Wildman–Crippen MR) is 159 cm³/mol. The predicted octanol–water partition coefficient (Wildman–Crippen LogP) is 4.51. The number of aliphatic hydroxyl groups is 1. The molecule has 2 aliphatic heterocycles. The third kappa shape index (κ3) is 4.82. The fraction of sp³-hybridized carbons (Fsp3) is 0.531. The monoisotopic (exact) mass is 612 g/mol. The lowest BCUT2D eigenvalue weighted by atomic mass is 9.68. The Labute approximate surface area is 252 Å². The molecule has 2 fully saturated rings. The number of aliphatic hydroxyl groups excluding tert-OH is 1. The van der Waals surface area contributed by atoms with Crippen molar-refractivity contribution in [2.75, 3.05) is 31.2 Å². The van der Waals surface area contributed by atoms with E-state index in [0.717, 1.165) is 43.5 Å². The number of aryl methyl sites for hydroxylation is 1. The van der Waals surface area contributed by atoms with Crippen molar-refractivity contribution >= 4 is 33.2 Å². The number of carbonyl (C=O) groups is 1. The lowest BCUT2D eigenvalue weighted by molar-refractivity contribution is -0.155. The summed E-state index contributed by atoms with van der Waals surface area (Å²) in [6.07, 6.45) is 9.40. The zero-order chi connectivity index (χ0) is 29.1. The number of hydrogen-bond donors (Lipinski definition) is 2. The molecule has 10 heteroatoms. The summed E-state index contributed by atoms with van der Waals surface area (Å²) >= 11 is 6.38. The Morgan fingerprint density at radius 3 is 2.69 bits per heavy atom. The van der Waals surface area contributed by atoms with Gasteiger partial charge in [0.2, 0.25) is 0 Å². The van der Waals surface area contributed by atoms with Crippen molar-refractivity contribution in [2.24, 2.45) is 11.8 Å². The van der Waals surface area contributed by atoms with E-state index in [1.54, 1.807) is 24.3 Å². The molecule has 2 heterocycles. The van der Waals surface area contributed by atoms with Crippen LogP contribution in [0.25, 0.3) is 0 Å². The summed E-state index contributed by atoms with van der Waals surface area (Å²) in [5.74, 6) is 0.290. The molecule has 2 bridgehead atoms. The molecule has 2 N–H and O–H groups in total. The minimum absolute atomic E-state index is 0.0154. The van der Waals surface area contributed by atoms with Gasteiger partial charge in [-0.15, -0.1) is 0 Å². The fourth-order valence-corrected chi connectivity index (χ4v) is 8.83. The van der Waals surface area contributed by atoms with Crippen molar-refractivity contribution < 1.29 is 27.8 Å². The van der Waals surface area contributed by atoms with Gasteiger partial charge in [-0.05, 0) is 105 Å². The van der Waals surface area contributed by atoms with Crippen LogP contribution in [0.15, 0.2) is 53.4 Å². The number of nitrogens with one attached hydrogen (secondary N) is 1. The van der Waals surface area contributed by atoms with E-state index < -0.39 is 27.6 Å². The molecule has 2 aromatic carbocycles. The molecule has 2 aromatic rings. The number of fused-ring (bicyclic) bond motifs is 4. The highest BCUT2D eigenvalue weighted by Gasteiger charge is 2.48. The SMILES string of the molecule is O=C1NS(=O)(=O)c2ccc3c(c2)N(C[C@@H]2CC[C@H]2[C@@H](O)/C=C/COC12CCC2)C[C@@]1(CCCc2cc(Cl)ccc21)CO3. The quantitative estimate of drug-likeness (QED) is 0.422. The van der Waals surface area contributed by atoms with Gasteiger partial charge in [0.25, 0.3) is 15.9 Å². The van der Waals surface area contributed by atoms with Crippen LogP contribution in [-0.4, -0.2) is 57.4 Å². The molecule has 7 rings (SSSR count). The zero-order valence-electron chi connectivity index (χ0n) is 23.6. The first kappa shape index (κ1) is 28.2. The lowest BCUT2D eigenvalue weighted by Gasteiger charge is -2.45. The van der Waals surface area contributed by atoms with Crippen LogP contribution in [0.4, 0.5) is 5.69 Å². The number of nitrogens with zero attached hydrogens (tertiary/aromatic N) is 1. The van der Waals surface area contributed by atoms with Crippen LogP contribution in [0.5, 0.6) is 5.75 Å². The van der Waals surface area contributed by atoms with Crippen LogP contribution < -0.4 is 14.4 Å². The van der Waals surface area contributed by atoms with E-state index in [4.69, 9.17) is 21.1 Å². The molecule has 2 spiro atoms. The minimum Gasteiger partial charge on any atom is -0.490 e. The van der Waals surface area contributed by atoms with Gasteiger partial charge in [-0.3, -0.25) is 4.79 Å². The summed E-state index contributed by atoms with van der Waals surface area (Å²) in [6, 6.07) is 11.0. The molecule has 8 nitrogen and oxygen atoms in total. The first-order valence-corrected chi connectivity index (χ1v) is 16.9. The average Bonchev–Trinajstić information content (AvgIpc) is 3.06. The van der Waals surface area contributed by atoms with Gasteiger partial charge in [0.15, 0.2) is 0 Å². The van der Waals surface area contributed by atoms with Gasteiger partial charge < -0.3 is 19.5 Å². The molecule has 42 heavy (non-hydrogen) atoms. The molecule has 3 aliphatic carbocycles. The lowest BCUT2D eigenvalue weighted by Crippen LogP contribution is -2.55. The molecule has 1 amide bonds. The smallest absolute Gasteiger partial charge is 0.265 e. The number of carbonyl (C=O) groups excluding carboxylic acids is 1. The van der Waals surface area contributed by atoms with Crippen molar-refractivity contribution in [3.63, 3.8) is 0 Å². The Hall–Kier alpha value is -2.59. The standard InChI is InChI=1S/C32H37ClN2O6S/c33-23-7-10-26-21(16-23)4-1-12-31(26)19-35-18-22-6-9-25(22)28(36)5-2-15-41-32(13-3-14-32)30(37)34-42(38,39)24-8-11-29(40-20-31)27(35)17-24/h2,5,7-8,10-11,16-17,22,25,28,36H,1,3-4,6,9,12-15,18-20H2,(H,34,37)/b5-2+/t22-,25+,28-,31-/m0/s1. The van der Waals surface area contributed by atoms with Gasteiger partial charge in [-0.2, -0.15) is 0 Å². The van der Waals surface area contributed by atoms with Gasteiger partial charge >= 0.3 is 0 Å². The first-order chi connectivity index (χ1) is 20.2. The number of sulfonamides is 1. The van der Waals surface area contributed by atoms with Crippen molar-refractivity contribution in [2.45, 2.75) is 73.4 Å². The van der Waals surface area contributed by atoms with E-state index >= 15 is 0 Å². The van der Waals surface area contributed by atoms with E-state index in [9.17, 15) is 18.3 Å². The van der Waals surface area contributed by atoms with Crippen LogP contribution in [0, 0.1) is 11.8 Å². The minimum atomic E-state index is -4.16. The van der Waals surface area contributed by atoms with E-state index in [2.05, 4.69) is 21.8 Å². The molecule has 224 valence electrons. The topological polar surface area (TPSA) is 105 Å². The van der Waals surface area contributed by atoms with Crippen LogP contribution in [0.2, 0.25) is 5.02 Å². The maximum Gasteiger partial charge on any atom is 0.265 e. The Kier molecular flexibility index (Phi) is 7.08. The average molecular weight is 613 g/mol.